The lowest BCUT2D eigenvalue weighted by atomic mass is 9.79. The maximum Gasteiger partial charge on any atom is 0.139 e. The smallest absolute Gasteiger partial charge is 0.139 e. The molecular formula is C15H17F. The van der Waals surface area contributed by atoms with Crippen LogP contribution in [0.15, 0.2) is 18.2 Å². The highest BCUT2D eigenvalue weighted by Gasteiger charge is 2.20. The molecule has 1 aliphatic rings. The zero-order valence-electron chi connectivity index (χ0n) is 9.67. The second-order valence-electron chi connectivity index (χ2n) is 4.84. The van der Waals surface area contributed by atoms with Crippen LogP contribution in [0.25, 0.3) is 0 Å². The fraction of sp³-hybridized carbons (Fsp3) is 0.467. The van der Waals surface area contributed by atoms with Gasteiger partial charge in [-0.05, 0) is 42.4 Å². The van der Waals surface area contributed by atoms with Crippen molar-refractivity contribution in [2.45, 2.75) is 38.5 Å². The maximum absolute atomic E-state index is 13.5. The van der Waals surface area contributed by atoms with Gasteiger partial charge in [-0.3, -0.25) is 0 Å². The Morgan fingerprint density at radius 3 is 2.50 bits per heavy atom. The number of rotatable bonds is 1. The molecule has 84 valence electrons. The van der Waals surface area contributed by atoms with Gasteiger partial charge in [-0.15, -0.1) is 6.42 Å². The Morgan fingerprint density at radius 1 is 1.25 bits per heavy atom. The van der Waals surface area contributed by atoms with E-state index < -0.39 is 0 Å². The lowest BCUT2D eigenvalue weighted by Gasteiger charge is -2.26. The molecule has 0 spiro atoms. The summed E-state index contributed by atoms with van der Waals surface area (Å²) in [4.78, 5) is 0. The van der Waals surface area contributed by atoms with Gasteiger partial charge in [-0.2, -0.15) is 0 Å². The SMILES string of the molecule is C#Cc1ccc(C2CCC(C)CC2)cc1F. The molecule has 0 atom stereocenters. The summed E-state index contributed by atoms with van der Waals surface area (Å²) in [5, 5.41) is 0. The Bertz CT molecular complexity index is 406. The minimum absolute atomic E-state index is 0.251. The maximum atomic E-state index is 13.5. The Hall–Kier alpha value is -1.29. The molecule has 0 aliphatic heterocycles. The van der Waals surface area contributed by atoms with Crippen molar-refractivity contribution >= 4 is 0 Å². The van der Waals surface area contributed by atoms with Gasteiger partial charge < -0.3 is 0 Å². The largest absolute Gasteiger partial charge is 0.206 e. The molecule has 0 unspecified atom stereocenters. The first-order valence-electron chi connectivity index (χ1n) is 5.96. The van der Waals surface area contributed by atoms with Crippen molar-refractivity contribution in [3.8, 4) is 12.3 Å². The van der Waals surface area contributed by atoms with Crippen LogP contribution >= 0.6 is 0 Å². The van der Waals surface area contributed by atoms with Gasteiger partial charge in [-0.1, -0.05) is 31.8 Å². The van der Waals surface area contributed by atoms with Crippen molar-refractivity contribution in [2.24, 2.45) is 5.92 Å². The molecule has 1 heteroatoms. The molecule has 0 radical (unpaired) electrons. The summed E-state index contributed by atoms with van der Waals surface area (Å²) in [5.41, 5.74) is 1.48. The van der Waals surface area contributed by atoms with Gasteiger partial charge in [0.2, 0.25) is 0 Å². The second-order valence-corrected chi connectivity index (χ2v) is 4.84. The van der Waals surface area contributed by atoms with E-state index in [9.17, 15) is 4.39 Å². The summed E-state index contributed by atoms with van der Waals surface area (Å²) in [5.74, 6) is 3.46. The van der Waals surface area contributed by atoms with E-state index >= 15 is 0 Å². The van der Waals surface area contributed by atoms with Crippen molar-refractivity contribution in [2.75, 3.05) is 0 Å². The Labute approximate surface area is 96.9 Å². The Balaban J connectivity index is 2.16. The first-order chi connectivity index (χ1) is 7.70. The zero-order valence-corrected chi connectivity index (χ0v) is 9.67. The molecular weight excluding hydrogens is 199 g/mol. The first kappa shape index (κ1) is 11.2. The van der Waals surface area contributed by atoms with E-state index in [1.54, 1.807) is 12.1 Å². The second kappa shape index (κ2) is 4.70. The number of hydrogen-bond acceptors (Lipinski definition) is 0. The summed E-state index contributed by atoms with van der Waals surface area (Å²) >= 11 is 0. The first-order valence-corrected chi connectivity index (χ1v) is 5.96. The quantitative estimate of drug-likeness (QED) is 0.620. The van der Waals surface area contributed by atoms with E-state index in [0.29, 0.717) is 11.5 Å². The molecule has 1 saturated carbocycles. The predicted octanol–water partition coefficient (Wildman–Crippen LogP) is 4.10. The fourth-order valence-corrected chi connectivity index (χ4v) is 2.50. The molecule has 0 N–H and O–H groups in total. The van der Waals surface area contributed by atoms with E-state index in [2.05, 4.69) is 12.8 Å². The number of benzene rings is 1. The Morgan fingerprint density at radius 2 is 1.94 bits per heavy atom. The average molecular weight is 216 g/mol. The minimum atomic E-state index is -0.251. The Kier molecular flexibility index (Phi) is 3.29. The van der Waals surface area contributed by atoms with Crippen LogP contribution in [0.2, 0.25) is 0 Å². The summed E-state index contributed by atoms with van der Waals surface area (Å²) in [7, 11) is 0. The lowest BCUT2D eigenvalue weighted by Crippen LogP contribution is -2.11. The van der Waals surface area contributed by atoms with Crippen LogP contribution in [0.5, 0.6) is 0 Å². The van der Waals surface area contributed by atoms with Crippen LogP contribution in [0.3, 0.4) is 0 Å². The van der Waals surface area contributed by atoms with E-state index in [1.165, 1.54) is 25.7 Å². The number of halogens is 1. The molecule has 16 heavy (non-hydrogen) atoms. The highest BCUT2D eigenvalue weighted by Crippen LogP contribution is 2.35. The summed E-state index contributed by atoms with van der Waals surface area (Å²) in [6.45, 7) is 2.29. The van der Waals surface area contributed by atoms with Gasteiger partial charge in [0, 0.05) is 0 Å². The van der Waals surface area contributed by atoms with Crippen LogP contribution in [0, 0.1) is 24.1 Å². The normalized spacial score (nSPS) is 25.1. The minimum Gasteiger partial charge on any atom is -0.206 e. The van der Waals surface area contributed by atoms with Crippen molar-refractivity contribution < 1.29 is 4.39 Å². The highest BCUT2D eigenvalue weighted by molar-refractivity contribution is 5.37. The molecule has 1 aliphatic carbocycles. The lowest BCUT2D eigenvalue weighted by molar-refractivity contribution is 0.347. The average Bonchev–Trinajstić information content (AvgIpc) is 2.30. The summed E-state index contributed by atoms with van der Waals surface area (Å²) in [6.07, 6.45) is 10.1. The van der Waals surface area contributed by atoms with Crippen molar-refractivity contribution in [3.63, 3.8) is 0 Å². The molecule has 0 nitrogen and oxygen atoms in total. The third-order valence-electron chi connectivity index (χ3n) is 3.64. The van der Waals surface area contributed by atoms with Gasteiger partial charge in [0.25, 0.3) is 0 Å². The van der Waals surface area contributed by atoms with E-state index in [0.717, 1.165) is 11.5 Å². The molecule has 1 aromatic carbocycles. The zero-order chi connectivity index (χ0) is 11.5. The van der Waals surface area contributed by atoms with Crippen molar-refractivity contribution in [1.82, 2.24) is 0 Å². The van der Waals surface area contributed by atoms with Crippen LogP contribution < -0.4 is 0 Å². The molecule has 0 aromatic heterocycles. The van der Waals surface area contributed by atoms with E-state index in [4.69, 9.17) is 6.42 Å². The topological polar surface area (TPSA) is 0 Å². The fourth-order valence-electron chi connectivity index (χ4n) is 2.50. The van der Waals surface area contributed by atoms with Gasteiger partial charge >= 0.3 is 0 Å². The molecule has 0 heterocycles. The van der Waals surface area contributed by atoms with E-state index in [-0.39, 0.29) is 5.82 Å². The monoisotopic (exact) mass is 216 g/mol. The van der Waals surface area contributed by atoms with E-state index in [1.807, 2.05) is 6.07 Å². The van der Waals surface area contributed by atoms with Gasteiger partial charge in [0.05, 0.1) is 5.56 Å². The molecule has 0 saturated heterocycles. The number of terminal acetylenes is 1. The number of hydrogen-bond donors (Lipinski definition) is 0. The van der Waals surface area contributed by atoms with Crippen LogP contribution in [0.4, 0.5) is 4.39 Å². The summed E-state index contributed by atoms with van der Waals surface area (Å²) < 4.78 is 13.5. The molecule has 1 aromatic rings. The predicted molar refractivity (Wildman–Crippen MR) is 64.7 cm³/mol. The third-order valence-corrected chi connectivity index (χ3v) is 3.64. The standard InChI is InChI=1S/C15H17F/c1-3-12-8-9-14(10-15(12)16)13-6-4-11(2)5-7-13/h1,8-11,13H,4-7H2,2H3. The summed E-state index contributed by atoms with van der Waals surface area (Å²) in [6, 6.07) is 5.33. The molecule has 2 rings (SSSR count). The van der Waals surface area contributed by atoms with Gasteiger partial charge in [-0.25, -0.2) is 4.39 Å². The van der Waals surface area contributed by atoms with Gasteiger partial charge in [0.1, 0.15) is 5.82 Å². The van der Waals surface area contributed by atoms with Crippen LogP contribution in [-0.2, 0) is 0 Å². The molecule has 1 fully saturated rings. The molecule has 0 amide bonds. The third kappa shape index (κ3) is 2.27. The van der Waals surface area contributed by atoms with Gasteiger partial charge in [0.15, 0.2) is 0 Å². The van der Waals surface area contributed by atoms with Crippen LogP contribution in [0.1, 0.15) is 49.7 Å². The highest BCUT2D eigenvalue weighted by atomic mass is 19.1. The van der Waals surface area contributed by atoms with Crippen molar-refractivity contribution in [3.05, 3.63) is 35.1 Å². The van der Waals surface area contributed by atoms with Crippen molar-refractivity contribution in [1.29, 1.82) is 0 Å². The van der Waals surface area contributed by atoms with Crippen LogP contribution in [-0.4, -0.2) is 0 Å². The molecule has 0 bridgehead atoms.